The largest absolute Gasteiger partial charge is 0.508 e. The minimum atomic E-state index is 0. The molecule has 7 heteroatoms. The van der Waals surface area contributed by atoms with Crippen molar-refractivity contribution in [1.29, 1.82) is 0 Å². The maximum atomic E-state index is 6.12. The van der Waals surface area contributed by atoms with Gasteiger partial charge in [0.25, 0.3) is 0 Å². The third kappa shape index (κ3) is 7.75. The molecule has 1 radical (unpaired) electrons. The van der Waals surface area contributed by atoms with Crippen LogP contribution in [0.5, 0.6) is 0 Å². The van der Waals surface area contributed by atoms with Gasteiger partial charge in [-0.05, 0) is 81.9 Å². The molecular formula is C42H38IrN5O-5. The maximum Gasteiger partial charge on any atom is 0.120 e. The number of pyridine rings is 1. The predicted molar refractivity (Wildman–Crippen MR) is 195 cm³/mol. The van der Waals surface area contributed by atoms with Crippen LogP contribution in [0.25, 0.3) is 33.2 Å². The van der Waals surface area contributed by atoms with Gasteiger partial charge < -0.3 is 29.0 Å². The van der Waals surface area contributed by atoms with E-state index < -0.39 is 0 Å². The Kier molecular flexibility index (Phi) is 10.8. The van der Waals surface area contributed by atoms with Gasteiger partial charge in [-0.1, -0.05) is 47.7 Å². The van der Waals surface area contributed by atoms with Crippen molar-refractivity contribution in [3.05, 3.63) is 164 Å². The molecule has 251 valence electrons. The molecule has 2 aliphatic rings. The molecule has 8 rings (SSSR count). The summed E-state index contributed by atoms with van der Waals surface area (Å²) in [6.45, 7) is 12.6. The smallest absolute Gasteiger partial charge is 0.120 e. The molecule has 0 saturated heterocycles. The number of fused-ring (bicyclic) bond motifs is 3. The summed E-state index contributed by atoms with van der Waals surface area (Å²) in [5, 5.41) is 2.30. The summed E-state index contributed by atoms with van der Waals surface area (Å²) in [6.07, 6.45) is 12.6. The van der Waals surface area contributed by atoms with E-state index in [0.29, 0.717) is 0 Å². The number of anilines is 2. The zero-order valence-electron chi connectivity index (χ0n) is 27.9. The Hall–Kier alpha value is -4.84. The van der Waals surface area contributed by atoms with Gasteiger partial charge >= 0.3 is 0 Å². The number of hydrogen-bond acceptors (Lipinski definition) is 6. The molecule has 0 N–H and O–H groups in total. The molecule has 0 saturated carbocycles. The molecule has 0 aliphatic carbocycles. The molecule has 0 atom stereocenters. The number of benzene rings is 4. The summed E-state index contributed by atoms with van der Waals surface area (Å²) < 4.78 is 6.12. The molecule has 0 bridgehead atoms. The van der Waals surface area contributed by atoms with Gasteiger partial charge in [0.05, 0.1) is 5.58 Å². The minimum absolute atomic E-state index is 0. The van der Waals surface area contributed by atoms with Crippen LogP contribution in [-0.2, 0) is 20.1 Å². The molecule has 0 amide bonds. The number of rotatable bonds is 8. The first-order valence-corrected chi connectivity index (χ1v) is 16.4. The SMILES string of the molecule is Cc1cnc(-c2[c-]cc(C)c3c2oc2ccccc23)cc1C.[Ir].[c-]1ccccc1N1C=CN(CCCCN2C=CN(c3[c-]cccc3)[CH-]2)[CH-]1. The van der Waals surface area contributed by atoms with Gasteiger partial charge in [-0.2, -0.15) is 74.0 Å². The van der Waals surface area contributed by atoms with Gasteiger partial charge in [0.15, 0.2) is 0 Å². The Balaban J connectivity index is 0.000000169. The first-order chi connectivity index (χ1) is 23.5. The fourth-order valence-corrected chi connectivity index (χ4v) is 5.90. The molecular weight excluding hydrogens is 783 g/mol. The standard InChI is InChI=1S/C22H22N4.C20H16NO.Ir/c1-3-9-21(10-4-1)25-17-15-23(19-25)13-7-8-14-24-16-18-26(20-24)22-11-5-2-6-12-22;1-12-8-9-15(17-10-13(2)14(3)11-21-17)20-19(12)16-6-4-5-7-18(16)22-20;/h1-6,9,11,15-20H,7-8,13-14H2;4-8,10-11H,1-3H3;/q-4;-1;. The molecule has 0 fully saturated rings. The van der Waals surface area contributed by atoms with Crippen LogP contribution in [0.15, 0.2) is 120 Å². The van der Waals surface area contributed by atoms with Gasteiger partial charge in [-0.3, -0.25) is 0 Å². The molecule has 0 unspecified atom stereocenters. The van der Waals surface area contributed by atoms with Crippen LogP contribution in [0, 0.1) is 52.3 Å². The number of furan rings is 1. The van der Waals surface area contributed by atoms with Crippen LogP contribution in [0.4, 0.5) is 11.4 Å². The Labute approximate surface area is 303 Å². The van der Waals surface area contributed by atoms with Crippen molar-refractivity contribution in [1.82, 2.24) is 14.8 Å². The van der Waals surface area contributed by atoms with Gasteiger partial charge in [0, 0.05) is 31.7 Å². The summed E-state index contributed by atoms with van der Waals surface area (Å²) in [4.78, 5) is 13.2. The summed E-state index contributed by atoms with van der Waals surface area (Å²) in [5.41, 5.74) is 9.35. The summed E-state index contributed by atoms with van der Waals surface area (Å²) >= 11 is 0. The third-order valence-corrected chi connectivity index (χ3v) is 8.69. The third-order valence-electron chi connectivity index (χ3n) is 8.69. The second kappa shape index (κ2) is 15.6. The normalized spacial score (nSPS) is 13.7. The minimum Gasteiger partial charge on any atom is -0.508 e. The average molecular weight is 821 g/mol. The molecule has 2 aliphatic heterocycles. The Morgan fingerprint density at radius 2 is 1.31 bits per heavy atom. The fraction of sp³-hybridized carbons (Fsp3) is 0.167. The summed E-state index contributed by atoms with van der Waals surface area (Å²) in [6, 6.07) is 38.2. The van der Waals surface area contributed by atoms with Gasteiger partial charge in [-0.15, -0.1) is 29.1 Å². The molecule has 4 aromatic carbocycles. The number of para-hydroxylation sites is 3. The van der Waals surface area contributed by atoms with Crippen molar-refractivity contribution in [3.8, 4) is 11.3 Å². The maximum absolute atomic E-state index is 6.12. The Morgan fingerprint density at radius 3 is 1.90 bits per heavy atom. The van der Waals surface area contributed by atoms with Crippen molar-refractivity contribution in [2.24, 2.45) is 0 Å². The zero-order chi connectivity index (χ0) is 32.9. The van der Waals surface area contributed by atoms with E-state index in [-0.39, 0.29) is 20.1 Å². The number of unbranched alkanes of at least 4 members (excludes halogenated alkanes) is 1. The van der Waals surface area contributed by atoms with E-state index in [4.69, 9.17) is 4.42 Å². The molecule has 49 heavy (non-hydrogen) atoms. The van der Waals surface area contributed by atoms with E-state index in [1.165, 1.54) is 16.7 Å². The summed E-state index contributed by atoms with van der Waals surface area (Å²) in [5.74, 6) is 0. The molecule has 4 heterocycles. The van der Waals surface area contributed by atoms with E-state index in [1.54, 1.807) is 0 Å². The van der Waals surface area contributed by atoms with Crippen molar-refractivity contribution in [2.45, 2.75) is 33.6 Å². The number of aromatic nitrogens is 1. The second-order valence-corrected chi connectivity index (χ2v) is 12.1. The zero-order valence-corrected chi connectivity index (χ0v) is 30.3. The number of hydrogen-bond donors (Lipinski definition) is 0. The summed E-state index contributed by atoms with van der Waals surface area (Å²) in [7, 11) is 0. The first kappa shape index (κ1) is 34.0. The van der Waals surface area contributed by atoms with Gasteiger partial charge in [-0.25, -0.2) is 0 Å². The van der Waals surface area contributed by atoms with E-state index in [9.17, 15) is 0 Å². The van der Waals surface area contributed by atoms with Gasteiger partial charge in [0.1, 0.15) is 5.58 Å². The van der Waals surface area contributed by atoms with E-state index in [2.05, 4.69) is 126 Å². The van der Waals surface area contributed by atoms with E-state index in [0.717, 1.165) is 70.5 Å². The van der Waals surface area contributed by atoms with Crippen LogP contribution >= 0.6 is 0 Å². The fourth-order valence-electron chi connectivity index (χ4n) is 5.90. The predicted octanol–water partition coefficient (Wildman–Crippen LogP) is 9.56. The monoisotopic (exact) mass is 821 g/mol. The Morgan fingerprint density at radius 1 is 0.694 bits per heavy atom. The topological polar surface area (TPSA) is 39.0 Å². The second-order valence-electron chi connectivity index (χ2n) is 12.1. The van der Waals surface area contributed by atoms with Crippen LogP contribution < -0.4 is 9.80 Å². The van der Waals surface area contributed by atoms with Crippen LogP contribution in [0.2, 0.25) is 0 Å². The van der Waals surface area contributed by atoms with Crippen molar-refractivity contribution in [2.75, 3.05) is 22.9 Å². The number of nitrogens with zero attached hydrogens (tertiary/aromatic N) is 5. The van der Waals surface area contributed by atoms with Crippen LogP contribution in [0.3, 0.4) is 0 Å². The Bertz CT molecular complexity index is 1990. The quantitative estimate of drug-likeness (QED) is 0.113. The van der Waals surface area contributed by atoms with E-state index >= 15 is 0 Å². The van der Waals surface area contributed by atoms with E-state index in [1.807, 2.05) is 66.9 Å². The first-order valence-electron chi connectivity index (χ1n) is 16.4. The number of aryl methyl sites for hydroxylation is 3. The van der Waals surface area contributed by atoms with Gasteiger partial charge in [0.2, 0.25) is 0 Å². The van der Waals surface area contributed by atoms with Crippen LogP contribution in [-0.4, -0.2) is 27.9 Å². The van der Waals surface area contributed by atoms with Crippen molar-refractivity contribution >= 4 is 33.3 Å². The molecule has 6 nitrogen and oxygen atoms in total. The molecule has 0 spiro atoms. The molecule has 2 aromatic heterocycles. The average Bonchev–Trinajstić information content (AvgIpc) is 3.89. The molecule has 6 aromatic rings. The van der Waals surface area contributed by atoms with Crippen molar-refractivity contribution < 1.29 is 24.5 Å². The van der Waals surface area contributed by atoms with Crippen molar-refractivity contribution in [3.63, 3.8) is 0 Å². The van der Waals surface area contributed by atoms with Crippen LogP contribution in [0.1, 0.15) is 29.5 Å².